The molecule has 0 unspecified atom stereocenters. The SMILES string of the molecule is c1ccc([C@H]2OC([C@H]3Cc4ccccc4CN3P(c3ccccc3)c3ccccc3)=N[C@H]2c2ccccc2)cc1. The number of fused-ring (bicyclic) bond motifs is 1. The van der Waals surface area contributed by atoms with Gasteiger partial charge in [0, 0.05) is 14.6 Å². The molecule has 0 bridgehead atoms. The minimum absolute atomic E-state index is 0.0290. The van der Waals surface area contributed by atoms with Gasteiger partial charge in [-0.2, -0.15) is 0 Å². The van der Waals surface area contributed by atoms with Gasteiger partial charge in [0.25, 0.3) is 0 Å². The summed E-state index contributed by atoms with van der Waals surface area (Å²) in [7, 11) is -0.813. The molecule has 0 spiro atoms. The molecule has 2 aliphatic heterocycles. The number of rotatable bonds is 6. The molecule has 3 atom stereocenters. The molecule has 5 aromatic carbocycles. The highest BCUT2D eigenvalue weighted by molar-refractivity contribution is 7.70. The van der Waals surface area contributed by atoms with E-state index in [4.69, 9.17) is 9.73 Å². The molecular weight excluding hydrogens is 507 g/mol. The lowest BCUT2D eigenvalue weighted by molar-refractivity contribution is 0.177. The summed E-state index contributed by atoms with van der Waals surface area (Å²) in [6.45, 7) is 0.852. The van der Waals surface area contributed by atoms with Gasteiger partial charge < -0.3 is 4.74 Å². The molecule has 5 aromatic rings. The first-order chi connectivity index (χ1) is 19.8. The van der Waals surface area contributed by atoms with E-state index < -0.39 is 8.07 Å². The van der Waals surface area contributed by atoms with Crippen molar-refractivity contribution in [2.45, 2.75) is 31.2 Å². The highest BCUT2D eigenvalue weighted by atomic mass is 31.1. The Labute approximate surface area is 237 Å². The fourth-order valence-corrected chi connectivity index (χ4v) is 8.46. The lowest BCUT2D eigenvalue weighted by atomic mass is 9.96. The molecule has 196 valence electrons. The topological polar surface area (TPSA) is 24.8 Å². The number of nitrogens with zero attached hydrogens (tertiary/aromatic N) is 2. The average molecular weight is 539 g/mol. The maximum atomic E-state index is 6.94. The first kappa shape index (κ1) is 25.0. The third-order valence-electron chi connectivity index (χ3n) is 7.84. The van der Waals surface area contributed by atoms with Crippen LogP contribution in [0.1, 0.15) is 34.4 Å². The van der Waals surface area contributed by atoms with Gasteiger partial charge in [-0.25, -0.2) is 4.99 Å². The molecule has 7 rings (SSSR count). The average Bonchev–Trinajstić information content (AvgIpc) is 3.48. The van der Waals surface area contributed by atoms with E-state index in [1.54, 1.807) is 0 Å². The van der Waals surface area contributed by atoms with E-state index in [1.807, 2.05) is 0 Å². The minimum Gasteiger partial charge on any atom is -0.469 e. The minimum atomic E-state index is -0.813. The van der Waals surface area contributed by atoms with Crippen molar-refractivity contribution in [2.24, 2.45) is 4.99 Å². The normalized spacial score (nSPS) is 20.5. The van der Waals surface area contributed by atoms with Gasteiger partial charge in [0.05, 0.1) is 6.04 Å². The second kappa shape index (κ2) is 11.2. The van der Waals surface area contributed by atoms with Crippen LogP contribution < -0.4 is 10.6 Å². The number of aliphatic imine (C=N–C) groups is 1. The van der Waals surface area contributed by atoms with Crippen molar-refractivity contribution in [1.29, 1.82) is 0 Å². The van der Waals surface area contributed by atoms with Crippen molar-refractivity contribution < 1.29 is 4.74 Å². The quantitative estimate of drug-likeness (QED) is 0.211. The van der Waals surface area contributed by atoms with Crippen LogP contribution in [0, 0.1) is 0 Å². The second-order valence-corrected chi connectivity index (χ2v) is 12.5. The van der Waals surface area contributed by atoms with E-state index in [-0.39, 0.29) is 18.2 Å². The van der Waals surface area contributed by atoms with Crippen LogP contribution in [0.3, 0.4) is 0 Å². The number of hydrogen-bond donors (Lipinski definition) is 0. The van der Waals surface area contributed by atoms with Gasteiger partial charge in [0.15, 0.2) is 6.10 Å². The molecule has 4 heteroatoms. The maximum absolute atomic E-state index is 6.94. The molecule has 0 amide bonds. The Hall–Kier alpha value is -4.04. The van der Waals surface area contributed by atoms with Crippen LogP contribution >= 0.6 is 8.07 Å². The zero-order valence-electron chi connectivity index (χ0n) is 22.3. The van der Waals surface area contributed by atoms with Gasteiger partial charge in [-0.15, -0.1) is 0 Å². The molecule has 0 N–H and O–H groups in total. The van der Waals surface area contributed by atoms with Crippen LogP contribution in [-0.2, 0) is 17.7 Å². The van der Waals surface area contributed by atoms with Crippen LogP contribution in [0.2, 0.25) is 0 Å². The zero-order valence-corrected chi connectivity index (χ0v) is 23.1. The predicted octanol–water partition coefficient (Wildman–Crippen LogP) is 7.37. The van der Waals surface area contributed by atoms with E-state index in [0.29, 0.717) is 0 Å². The lowest BCUT2D eigenvalue weighted by Crippen LogP contribution is -2.46. The summed E-state index contributed by atoms with van der Waals surface area (Å²) in [6, 6.07) is 51.9. The Morgan fingerprint density at radius 2 is 1.07 bits per heavy atom. The Balaban J connectivity index is 1.35. The number of ether oxygens (including phenoxy) is 1. The fraction of sp³-hybridized carbons (Fsp3) is 0.139. The summed E-state index contributed by atoms with van der Waals surface area (Å²) in [5.41, 5.74) is 5.11. The van der Waals surface area contributed by atoms with Crippen molar-refractivity contribution >= 4 is 24.6 Å². The molecule has 0 saturated heterocycles. The van der Waals surface area contributed by atoms with E-state index in [2.05, 4.69) is 150 Å². The molecule has 40 heavy (non-hydrogen) atoms. The van der Waals surface area contributed by atoms with Crippen molar-refractivity contribution in [1.82, 2.24) is 4.67 Å². The van der Waals surface area contributed by atoms with Crippen molar-refractivity contribution in [2.75, 3.05) is 0 Å². The summed E-state index contributed by atoms with van der Waals surface area (Å²) in [6.07, 6.45) is 0.716. The van der Waals surface area contributed by atoms with Gasteiger partial charge in [0.2, 0.25) is 5.90 Å². The molecule has 3 nitrogen and oxygen atoms in total. The third kappa shape index (κ3) is 4.88. The van der Waals surface area contributed by atoms with Crippen molar-refractivity contribution in [3.05, 3.63) is 168 Å². The molecular formula is C36H31N2OP. The van der Waals surface area contributed by atoms with E-state index in [0.717, 1.165) is 24.4 Å². The van der Waals surface area contributed by atoms with Crippen LogP contribution in [-0.4, -0.2) is 16.6 Å². The van der Waals surface area contributed by atoms with Gasteiger partial charge >= 0.3 is 0 Å². The smallest absolute Gasteiger partial charge is 0.203 e. The van der Waals surface area contributed by atoms with Crippen LogP contribution in [0.15, 0.2) is 151 Å². The highest BCUT2D eigenvalue weighted by Gasteiger charge is 2.42. The van der Waals surface area contributed by atoms with Crippen molar-refractivity contribution in [3.8, 4) is 0 Å². The lowest BCUT2D eigenvalue weighted by Gasteiger charge is -2.41. The van der Waals surface area contributed by atoms with Crippen LogP contribution in [0.4, 0.5) is 0 Å². The van der Waals surface area contributed by atoms with Gasteiger partial charge in [-0.3, -0.25) is 4.67 Å². The van der Waals surface area contributed by atoms with Gasteiger partial charge in [-0.1, -0.05) is 146 Å². The first-order valence-electron chi connectivity index (χ1n) is 13.9. The van der Waals surface area contributed by atoms with Crippen LogP contribution in [0.5, 0.6) is 0 Å². The van der Waals surface area contributed by atoms with E-state index >= 15 is 0 Å². The Morgan fingerprint density at radius 1 is 0.575 bits per heavy atom. The molecule has 2 aliphatic rings. The zero-order chi connectivity index (χ0) is 26.7. The summed E-state index contributed by atoms with van der Waals surface area (Å²) in [5, 5.41) is 2.68. The van der Waals surface area contributed by atoms with Gasteiger partial charge in [-0.05, 0) is 39.3 Å². The summed E-state index contributed by atoms with van der Waals surface area (Å²) in [5.74, 6) is 0.844. The predicted molar refractivity (Wildman–Crippen MR) is 165 cm³/mol. The van der Waals surface area contributed by atoms with Crippen molar-refractivity contribution in [3.63, 3.8) is 0 Å². The Kier molecular flexibility index (Phi) is 7.00. The summed E-state index contributed by atoms with van der Waals surface area (Å²) in [4.78, 5) is 5.40. The molecule has 0 fully saturated rings. The second-order valence-electron chi connectivity index (χ2n) is 10.3. The fourth-order valence-electron chi connectivity index (χ4n) is 5.91. The molecule has 0 saturated carbocycles. The standard InChI is InChI=1S/C36H31N2OP/c1-5-15-27(16-6-1)34-35(28-17-7-2-8-18-28)39-36(37-34)33-25-29-19-13-14-20-30(29)26-38(33)40(31-21-9-3-10-22-31)32-23-11-4-12-24-32/h1-24,33-35H,25-26H2/t33-,34+,35-/m1/s1. The summed E-state index contributed by atoms with van der Waals surface area (Å²) >= 11 is 0. The summed E-state index contributed by atoms with van der Waals surface area (Å²) < 4.78 is 9.60. The Bertz CT molecular complexity index is 1550. The third-order valence-corrected chi connectivity index (χ3v) is 10.3. The first-order valence-corrected chi connectivity index (χ1v) is 15.2. The van der Waals surface area contributed by atoms with Crippen LogP contribution in [0.25, 0.3) is 0 Å². The molecule has 2 heterocycles. The highest BCUT2D eigenvalue weighted by Crippen LogP contribution is 2.48. The molecule has 0 aliphatic carbocycles. The molecule has 0 radical (unpaired) electrons. The van der Waals surface area contributed by atoms with E-state index in [1.165, 1.54) is 27.3 Å². The largest absolute Gasteiger partial charge is 0.469 e. The monoisotopic (exact) mass is 538 g/mol. The van der Waals surface area contributed by atoms with Gasteiger partial charge in [0.1, 0.15) is 6.04 Å². The molecule has 0 aromatic heterocycles. The Morgan fingerprint density at radius 3 is 1.68 bits per heavy atom. The number of hydrogen-bond acceptors (Lipinski definition) is 3. The maximum Gasteiger partial charge on any atom is 0.203 e. The number of benzene rings is 5. The van der Waals surface area contributed by atoms with E-state index in [9.17, 15) is 0 Å².